The maximum atomic E-state index is 13.8. The van der Waals surface area contributed by atoms with Crippen LogP contribution in [0.5, 0.6) is 5.75 Å². The average molecular weight is 554 g/mol. The second-order valence-corrected chi connectivity index (χ2v) is 10.5. The molecule has 3 heterocycles. The number of aromatic nitrogens is 2. The van der Waals surface area contributed by atoms with Crippen molar-refractivity contribution in [2.24, 2.45) is 11.8 Å². The lowest BCUT2D eigenvalue weighted by Crippen LogP contribution is -2.63. The number of carbonyl (C=O) groups is 4. The van der Waals surface area contributed by atoms with Gasteiger partial charge in [-0.2, -0.15) is 0 Å². The molecule has 4 rings (SSSR count). The molecule has 1 unspecified atom stereocenters. The maximum Gasteiger partial charge on any atom is 0.312 e. The fraction of sp³-hybridized carbons (Fsp3) is 0.500. The first-order valence-corrected chi connectivity index (χ1v) is 13.4. The molecule has 214 valence electrons. The molecule has 0 spiro atoms. The van der Waals surface area contributed by atoms with Gasteiger partial charge in [0.15, 0.2) is 11.8 Å². The summed E-state index contributed by atoms with van der Waals surface area (Å²) in [6.45, 7) is 3.07. The van der Waals surface area contributed by atoms with E-state index in [4.69, 9.17) is 4.74 Å². The van der Waals surface area contributed by atoms with Gasteiger partial charge >= 0.3 is 5.97 Å². The number of rotatable bonds is 5. The molecular formula is C28H35N5O7. The molecule has 2 fully saturated rings. The van der Waals surface area contributed by atoms with E-state index in [0.29, 0.717) is 18.4 Å². The van der Waals surface area contributed by atoms with Crippen LogP contribution in [0.15, 0.2) is 42.9 Å². The van der Waals surface area contributed by atoms with Crippen molar-refractivity contribution in [1.29, 1.82) is 0 Å². The van der Waals surface area contributed by atoms with Gasteiger partial charge in [-0.3, -0.25) is 24.2 Å². The first-order chi connectivity index (χ1) is 19.1. The number of likely N-dealkylation sites (N-methyl/N-ethyl adjacent to an activating group) is 1. The Morgan fingerprint density at radius 1 is 1.18 bits per heavy atom. The van der Waals surface area contributed by atoms with Crippen molar-refractivity contribution in [1.82, 2.24) is 25.5 Å². The molecular weight excluding hydrogens is 518 g/mol. The largest absolute Gasteiger partial charge is 0.505 e. The topological polar surface area (TPSA) is 171 Å². The number of pyridine rings is 2. The Morgan fingerprint density at radius 2 is 1.90 bits per heavy atom. The van der Waals surface area contributed by atoms with Crippen LogP contribution in [0.25, 0.3) is 0 Å². The lowest BCUT2D eigenvalue weighted by atomic mass is 9.80. The third kappa shape index (κ3) is 6.22. The van der Waals surface area contributed by atoms with Crippen molar-refractivity contribution >= 4 is 23.7 Å². The summed E-state index contributed by atoms with van der Waals surface area (Å²) >= 11 is 0. The molecule has 40 heavy (non-hydrogen) atoms. The monoisotopic (exact) mass is 553 g/mol. The minimum atomic E-state index is -1.38. The molecule has 1 saturated carbocycles. The smallest absolute Gasteiger partial charge is 0.312 e. The highest BCUT2D eigenvalue weighted by Gasteiger charge is 2.44. The van der Waals surface area contributed by atoms with Crippen LogP contribution in [0, 0.1) is 11.8 Å². The summed E-state index contributed by atoms with van der Waals surface area (Å²) < 4.78 is 5.72. The fourth-order valence-corrected chi connectivity index (χ4v) is 4.93. The summed E-state index contributed by atoms with van der Waals surface area (Å²) in [6, 6.07) is 3.06. The molecule has 1 saturated heterocycles. The molecule has 0 aromatic carbocycles. The molecule has 1 aliphatic heterocycles. The number of hydrogen-bond acceptors (Lipinski definition) is 9. The summed E-state index contributed by atoms with van der Waals surface area (Å²) in [5, 5.41) is 26.8. The van der Waals surface area contributed by atoms with Gasteiger partial charge in [-0.05, 0) is 56.9 Å². The third-order valence-electron chi connectivity index (χ3n) is 7.88. The lowest BCUT2D eigenvalue weighted by Gasteiger charge is -2.40. The first-order valence-electron chi connectivity index (χ1n) is 13.4. The van der Waals surface area contributed by atoms with Crippen LogP contribution < -0.4 is 10.6 Å². The Hall–Kier alpha value is -4.06. The van der Waals surface area contributed by atoms with Gasteiger partial charge in [0.2, 0.25) is 5.91 Å². The lowest BCUT2D eigenvalue weighted by molar-refractivity contribution is -0.173. The normalized spacial score (nSPS) is 28.4. The highest BCUT2D eigenvalue weighted by atomic mass is 16.6. The van der Waals surface area contributed by atoms with Crippen LogP contribution in [0.2, 0.25) is 0 Å². The highest BCUT2D eigenvalue weighted by Crippen LogP contribution is 2.33. The van der Waals surface area contributed by atoms with Gasteiger partial charge in [0.25, 0.3) is 11.8 Å². The predicted molar refractivity (Wildman–Crippen MR) is 142 cm³/mol. The highest BCUT2D eigenvalue weighted by molar-refractivity contribution is 5.98. The van der Waals surface area contributed by atoms with Gasteiger partial charge in [0.1, 0.15) is 11.8 Å². The van der Waals surface area contributed by atoms with Gasteiger partial charge in [0, 0.05) is 31.6 Å². The minimum Gasteiger partial charge on any atom is -0.505 e. The van der Waals surface area contributed by atoms with E-state index in [-0.39, 0.29) is 23.8 Å². The van der Waals surface area contributed by atoms with Crippen molar-refractivity contribution in [2.75, 3.05) is 7.05 Å². The second kappa shape index (κ2) is 12.4. The standard InChI is InChI=1S/C28H35N5O7/c1-15-23(35)19(13-17-7-5-11-29-14-17)31-25(36)21(32-26(37)22-20(34)10-6-12-30-22)16(2)33(3)27(38)24(40-28(15)39)18-8-4-9-18/h5-7,10-12,14-16,18-19,21,23-24,34-35H,4,8-9,13H2,1-3H3,(H,31,36)(H,32,37)/t15-,16-,19+,21+,23+,24?/m1/s1. The van der Waals surface area contributed by atoms with Gasteiger partial charge in [-0.1, -0.05) is 12.5 Å². The first kappa shape index (κ1) is 28.9. The van der Waals surface area contributed by atoms with Crippen molar-refractivity contribution < 1.29 is 34.1 Å². The van der Waals surface area contributed by atoms with Gasteiger partial charge in [0.05, 0.1) is 24.1 Å². The summed E-state index contributed by atoms with van der Waals surface area (Å²) in [7, 11) is 1.48. The molecule has 12 nitrogen and oxygen atoms in total. The van der Waals surface area contributed by atoms with Gasteiger partial charge < -0.3 is 30.5 Å². The van der Waals surface area contributed by atoms with Crippen LogP contribution in [-0.2, 0) is 25.5 Å². The Morgan fingerprint density at radius 3 is 2.52 bits per heavy atom. The maximum absolute atomic E-state index is 13.8. The predicted octanol–water partition coefficient (Wildman–Crippen LogP) is 0.577. The molecule has 1 aliphatic carbocycles. The summed E-state index contributed by atoms with van der Waals surface area (Å²) in [5.41, 5.74) is 0.413. The zero-order chi connectivity index (χ0) is 29.0. The van der Waals surface area contributed by atoms with Crippen molar-refractivity contribution in [3.63, 3.8) is 0 Å². The number of ether oxygens (including phenoxy) is 1. The van der Waals surface area contributed by atoms with Crippen molar-refractivity contribution in [3.05, 3.63) is 54.1 Å². The molecule has 2 aliphatic rings. The van der Waals surface area contributed by atoms with E-state index < -0.39 is 59.9 Å². The summed E-state index contributed by atoms with van der Waals surface area (Å²) in [4.78, 5) is 62.9. The van der Waals surface area contributed by atoms with E-state index >= 15 is 0 Å². The van der Waals surface area contributed by atoms with Crippen molar-refractivity contribution in [2.45, 2.75) is 69.9 Å². The minimum absolute atomic E-state index is 0.134. The number of amides is 3. The molecule has 12 heteroatoms. The molecule has 4 N–H and O–H groups in total. The van der Waals surface area contributed by atoms with Gasteiger partial charge in [-0.15, -0.1) is 0 Å². The Balaban J connectivity index is 1.71. The van der Waals surface area contributed by atoms with E-state index in [1.165, 1.54) is 37.2 Å². The van der Waals surface area contributed by atoms with Crippen LogP contribution in [0.4, 0.5) is 0 Å². The number of aromatic hydroxyl groups is 1. The van der Waals surface area contributed by atoms with Crippen molar-refractivity contribution in [3.8, 4) is 5.75 Å². The van der Waals surface area contributed by atoms with E-state index in [9.17, 15) is 29.4 Å². The Kier molecular flexibility index (Phi) is 8.98. The van der Waals surface area contributed by atoms with E-state index in [1.807, 2.05) is 0 Å². The molecule has 0 radical (unpaired) electrons. The van der Waals surface area contributed by atoms with E-state index in [0.717, 1.165) is 6.42 Å². The number of aliphatic hydroxyl groups is 1. The Bertz CT molecular complexity index is 1240. The number of esters is 1. The molecule has 0 bridgehead atoms. The third-order valence-corrected chi connectivity index (χ3v) is 7.88. The summed E-state index contributed by atoms with van der Waals surface area (Å²) in [5.74, 6) is -4.38. The number of hydrogen-bond donors (Lipinski definition) is 4. The number of nitrogens with one attached hydrogen (secondary N) is 2. The summed E-state index contributed by atoms with van der Waals surface area (Å²) in [6.07, 6.45) is 4.47. The molecule has 3 amide bonds. The van der Waals surface area contributed by atoms with E-state index in [2.05, 4.69) is 20.6 Å². The van der Waals surface area contributed by atoms with Crippen LogP contribution >= 0.6 is 0 Å². The molecule has 6 atom stereocenters. The van der Waals surface area contributed by atoms with Crippen LogP contribution in [0.1, 0.15) is 49.2 Å². The van der Waals surface area contributed by atoms with Gasteiger partial charge in [-0.25, -0.2) is 4.98 Å². The number of nitrogens with zero attached hydrogens (tertiary/aromatic N) is 3. The fourth-order valence-electron chi connectivity index (χ4n) is 4.93. The second-order valence-electron chi connectivity index (χ2n) is 10.5. The average Bonchev–Trinajstić information content (AvgIpc) is 2.92. The quantitative estimate of drug-likeness (QED) is 0.387. The Labute approximate surface area is 232 Å². The zero-order valence-electron chi connectivity index (χ0n) is 22.7. The molecule has 2 aromatic heterocycles. The number of carbonyl (C=O) groups excluding carboxylic acids is 4. The number of aliphatic hydroxyl groups excluding tert-OH is 1. The van der Waals surface area contributed by atoms with Crippen LogP contribution in [-0.4, -0.2) is 86.2 Å². The van der Waals surface area contributed by atoms with E-state index in [1.54, 1.807) is 31.5 Å². The van der Waals surface area contributed by atoms with Crippen LogP contribution in [0.3, 0.4) is 0 Å². The number of cyclic esters (lactones) is 1. The molecule has 2 aromatic rings. The SMILES string of the molecule is C[C@@H]1[C@H](NC(=O)c2ncccc2O)C(=O)N[C@@H](Cc2cccnc2)[C@@H](O)[C@@H](C)C(=O)OC(C2CCC2)C(=O)N1C. The zero-order valence-corrected chi connectivity index (χ0v) is 22.7.